The molecule has 1 aliphatic heterocycles. The predicted molar refractivity (Wildman–Crippen MR) is 101 cm³/mol. The number of ether oxygens (including phenoxy) is 1. The SMILES string of the molecule is CCn1cc(C#N)c(N=Nc2cc(OC)c(N3CCCCC3)cc2C)n1. The second-order valence-corrected chi connectivity index (χ2v) is 6.39. The van der Waals surface area contributed by atoms with Crippen molar-refractivity contribution in [3.8, 4) is 11.8 Å². The first kappa shape index (κ1) is 17.9. The minimum absolute atomic E-state index is 0.341. The van der Waals surface area contributed by atoms with Gasteiger partial charge in [-0.15, -0.1) is 15.3 Å². The Morgan fingerprint density at radius 2 is 2.00 bits per heavy atom. The molecule has 7 nitrogen and oxygen atoms in total. The van der Waals surface area contributed by atoms with Crippen LogP contribution in [0.5, 0.6) is 5.75 Å². The second kappa shape index (κ2) is 8.00. The Hall–Kier alpha value is -2.88. The first-order valence-corrected chi connectivity index (χ1v) is 8.99. The fraction of sp³-hybridized carbons (Fsp3) is 0.474. The third-order valence-corrected chi connectivity index (χ3v) is 4.63. The van der Waals surface area contributed by atoms with Gasteiger partial charge in [0.2, 0.25) is 5.82 Å². The summed E-state index contributed by atoms with van der Waals surface area (Å²) < 4.78 is 7.28. The van der Waals surface area contributed by atoms with Gasteiger partial charge in [-0.25, -0.2) is 0 Å². The number of aryl methyl sites for hydroxylation is 2. The van der Waals surface area contributed by atoms with E-state index in [2.05, 4.69) is 32.4 Å². The van der Waals surface area contributed by atoms with E-state index in [0.29, 0.717) is 17.9 Å². The standard InChI is InChI=1S/C19H24N6O/c1-4-25-13-15(12-20)19(23-25)22-21-16-11-18(26-3)17(10-14(16)2)24-8-6-5-7-9-24/h10-11,13H,4-9H2,1-3H3. The van der Waals surface area contributed by atoms with Crippen molar-refractivity contribution in [3.05, 3.63) is 29.5 Å². The Labute approximate surface area is 153 Å². The molecule has 0 radical (unpaired) electrons. The van der Waals surface area contributed by atoms with E-state index in [4.69, 9.17) is 4.74 Å². The average Bonchev–Trinajstić information content (AvgIpc) is 3.10. The van der Waals surface area contributed by atoms with Gasteiger partial charge in [0.05, 0.1) is 18.5 Å². The molecule has 2 aromatic rings. The van der Waals surface area contributed by atoms with Crippen LogP contribution in [0.3, 0.4) is 0 Å². The molecular formula is C19H24N6O. The number of azo groups is 1. The summed E-state index contributed by atoms with van der Waals surface area (Å²) in [6, 6.07) is 6.12. The van der Waals surface area contributed by atoms with Gasteiger partial charge in [0.15, 0.2) is 0 Å². The second-order valence-electron chi connectivity index (χ2n) is 6.39. The number of piperidine rings is 1. The van der Waals surface area contributed by atoms with E-state index in [1.165, 1.54) is 19.3 Å². The lowest BCUT2D eigenvalue weighted by atomic mass is 10.1. The van der Waals surface area contributed by atoms with Crippen LogP contribution in [-0.4, -0.2) is 30.0 Å². The van der Waals surface area contributed by atoms with Crippen molar-refractivity contribution in [1.82, 2.24) is 9.78 Å². The summed E-state index contributed by atoms with van der Waals surface area (Å²) in [6.07, 6.45) is 5.39. The van der Waals surface area contributed by atoms with E-state index in [-0.39, 0.29) is 0 Å². The van der Waals surface area contributed by atoms with E-state index < -0.39 is 0 Å². The molecule has 1 aliphatic rings. The van der Waals surface area contributed by atoms with Crippen molar-refractivity contribution in [1.29, 1.82) is 5.26 Å². The molecule has 0 N–H and O–H groups in total. The van der Waals surface area contributed by atoms with Crippen LogP contribution in [0.15, 0.2) is 28.6 Å². The molecule has 1 saturated heterocycles. The summed E-state index contributed by atoms with van der Waals surface area (Å²) in [6.45, 7) is 6.76. The number of hydrogen-bond acceptors (Lipinski definition) is 6. The summed E-state index contributed by atoms with van der Waals surface area (Å²) in [7, 11) is 1.68. The van der Waals surface area contributed by atoms with Gasteiger partial charge in [-0.1, -0.05) is 0 Å². The maximum Gasteiger partial charge on any atom is 0.213 e. The van der Waals surface area contributed by atoms with E-state index in [1.54, 1.807) is 18.0 Å². The summed E-state index contributed by atoms with van der Waals surface area (Å²) in [5, 5.41) is 22.0. The van der Waals surface area contributed by atoms with Gasteiger partial charge in [0.1, 0.15) is 17.4 Å². The molecule has 1 aromatic heterocycles. The van der Waals surface area contributed by atoms with Crippen LogP contribution in [0.25, 0.3) is 0 Å². The van der Waals surface area contributed by atoms with Crippen molar-refractivity contribution in [2.24, 2.45) is 10.2 Å². The summed E-state index contributed by atoms with van der Waals surface area (Å²) in [5.74, 6) is 1.14. The van der Waals surface area contributed by atoms with Crippen LogP contribution >= 0.6 is 0 Å². The number of benzene rings is 1. The fourth-order valence-corrected chi connectivity index (χ4v) is 3.14. The zero-order valence-corrected chi connectivity index (χ0v) is 15.6. The van der Waals surface area contributed by atoms with E-state index in [1.807, 2.05) is 19.9 Å². The maximum atomic E-state index is 9.21. The highest BCUT2D eigenvalue weighted by molar-refractivity contribution is 5.67. The number of methoxy groups -OCH3 is 1. The highest BCUT2D eigenvalue weighted by Gasteiger charge is 2.17. The molecule has 1 aromatic carbocycles. The summed E-state index contributed by atoms with van der Waals surface area (Å²) >= 11 is 0. The van der Waals surface area contributed by atoms with Gasteiger partial charge >= 0.3 is 0 Å². The number of aromatic nitrogens is 2. The minimum atomic E-state index is 0.341. The number of anilines is 1. The van der Waals surface area contributed by atoms with Crippen molar-refractivity contribution >= 4 is 17.2 Å². The smallest absolute Gasteiger partial charge is 0.213 e. The molecule has 0 atom stereocenters. The predicted octanol–water partition coefficient (Wildman–Crippen LogP) is 4.50. The van der Waals surface area contributed by atoms with Gasteiger partial charge in [0, 0.05) is 31.9 Å². The Morgan fingerprint density at radius 1 is 1.23 bits per heavy atom. The lowest BCUT2D eigenvalue weighted by Gasteiger charge is -2.30. The maximum absolute atomic E-state index is 9.21. The van der Waals surface area contributed by atoms with Gasteiger partial charge in [-0.3, -0.25) is 4.68 Å². The molecule has 0 amide bonds. The highest BCUT2D eigenvalue weighted by atomic mass is 16.5. The van der Waals surface area contributed by atoms with Crippen LogP contribution < -0.4 is 9.64 Å². The first-order valence-electron chi connectivity index (χ1n) is 8.99. The Kier molecular flexibility index (Phi) is 5.52. The quantitative estimate of drug-likeness (QED) is 0.742. The van der Waals surface area contributed by atoms with Crippen LogP contribution in [0, 0.1) is 18.3 Å². The lowest BCUT2D eigenvalue weighted by molar-refractivity contribution is 0.412. The molecule has 0 unspecified atom stereocenters. The van der Waals surface area contributed by atoms with Crippen molar-refractivity contribution in [2.75, 3.05) is 25.1 Å². The molecule has 3 rings (SSSR count). The molecule has 0 aliphatic carbocycles. The van der Waals surface area contributed by atoms with Crippen LogP contribution in [0.2, 0.25) is 0 Å². The number of hydrogen-bond donors (Lipinski definition) is 0. The van der Waals surface area contributed by atoms with Crippen molar-refractivity contribution < 1.29 is 4.74 Å². The van der Waals surface area contributed by atoms with E-state index in [0.717, 1.165) is 35.8 Å². The average molecular weight is 352 g/mol. The minimum Gasteiger partial charge on any atom is -0.495 e. The largest absolute Gasteiger partial charge is 0.495 e. The molecule has 1 fully saturated rings. The van der Waals surface area contributed by atoms with E-state index >= 15 is 0 Å². The lowest BCUT2D eigenvalue weighted by Crippen LogP contribution is -2.29. The van der Waals surface area contributed by atoms with Crippen molar-refractivity contribution in [2.45, 2.75) is 39.7 Å². The van der Waals surface area contributed by atoms with Gasteiger partial charge in [-0.2, -0.15) is 5.26 Å². The Bertz CT molecular complexity index is 842. The summed E-state index contributed by atoms with van der Waals surface area (Å²) in [5.41, 5.74) is 3.27. The topological polar surface area (TPSA) is 78.8 Å². The monoisotopic (exact) mass is 352 g/mol. The van der Waals surface area contributed by atoms with Gasteiger partial charge < -0.3 is 9.64 Å². The van der Waals surface area contributed by atoms with Gasteiger partial charge in [0.25, 0.3) is 0 Å². The molecule has 0 saturated carbocycles. The third-order valence-electron chi connectivity index (χ3n) is 4.63. The van der Waals surface area contributed by atoms with Gasteiger partial charge in [-0.05, 0) is 44.7 Å². The van der Waals surface area contributed by atoms with Crippen LogP contribution in [-0.2, 0) is 6.54 Å². The molecule has 136 valence electrons. The van der Waals surface area contributed by atoms with Crippen LogP contribution in [0.4, 0.5) is 17.2 Å². The third kappa shape index (κ3) is 3.69. The zero-order valence-electron chi connectivity index (χ0n) is 15.6. The highest BCUT2D eigenvalue weighted by Crippen LogP contribution is 2.37. The summed E-state index contributed by atoms with van der Waals surface area (Å²) in [4.78, 5) is 2.37. The number of rotatable bonds is 5. The fourth-order valence-electron chi connectivity index (χ4n) is 3.14. The normalized spacial score (nSPS) is 14.6. The van der Waals surface area contributed by atoms with Crippen molar-refractivity contribution in [3.63, 3.8) is 0 Å². The van der Waals surface area contributed by atoms with E-state index in [9.17, 15) is 5.26 Å². The molecule has 2 heterocycles. The molecule has 26 heavy (non-hydrogen) atoms. The molecular weight excluding hydrogens is 328 g/mol. The van der Waals surface area contributed by atoms with Crippen LogP contribution in [0.1, 0.15) is 37.3 Å². The first-order chi connectivity index (χ1) is 12.7. The zero-order chi connectivity index (χ0) is 18.5. The Morgan fingerprint density at radius 3 is 2.65 bits per heavy atom. The number of nitrogens with zero attached hydrogens (tertiary/aromatic N) is 6. The Balaban J connectivity index is 1.91. The number of nitriles is 1. The molecule has 0 bridgehead atoms. The molecule has 0 spiro atoms. The molecule has 7 heteroatoms.